The summed E-state index contributed by atoms with van der Waals surface area (Å²) < 4.78 is 83.2. The molecule has 2 N–H and O–H groups in total. The molecule has 1 unspecified atom stereocenters. The van der Waals surface area contributed by atoms with Crippen LogP contribution in [-0.4, -0.2) is 12.6 Å². The van der Waals surface area contributed by atoms with E-state index in [0.717, 1.165) is 12.1 Å². The largest absolute Gasteiger partial charge is 0.457 e. The van der Waals surface area contributed by atoms with Crippen molar-refractivity contribution < 1.29 is 31.1 Å². The molecule has 2 rings (SSSR count). The number of rotatable bonds is 4. The van der Waals surface area contributed by atoms with Crippen LogP contribution in [0.25, 0.3) is 0 Å². The zero-order valence-electron chi connectivity index (χ0n) is 13.3. The maximum atomic E-state index is 14.0. The second kappa shape index (κ2) is 6.50. The van der Waals surface area contributed by atoms with Gasteiger partial charge in [0.05, 0.1) is 0 Å². The fourth-order valence-electron chi connectivity index (χ4n) is 2.44. The van der Waals surface area contributed by atoms with Crippen LogP contribution in [-0.2, 0) is 5.67 Å². The van der Waals surface area contributed by atoms with Gasteiger partial charge in [0, 0.05) is 11.3 Å². The predicted octanol–water partition coefficient (Wildman–Crippen LogP) is 5.67. The van der Waals surface area contributed by atoms with Gasteiger partial charge >= 0.3 is 6.18 Å². The zero-order valence-corrected chi connectivity index (χ0v) is 13.3. The Morgan fingerprint density at radius 2 is 1.40 bits per heavy atom. The van der Waals surface area contributed by atoms with Crippen LogP contribution >= 0.6 is 0 Å². The topological polar surface area (TPSA) is 35.2 Å². The monoisotopic (exact) mass is 363 g/mol. The number of aryl methyl sites for hydroxylation is 2. The van der Waals surface area contributed by atoms with Crippen molar-refractivity contribution in [1.29, 1.82) is 0 Å². The highest BCUT2D eigenvalue weighted by Crippen LogP contribution is 2.47. The average molecular weight is 363 g/mol. The van der Waals surface area contributed by atoms with E-state index in [9.17, 15) is 26.3 Å². The minimum Gasteiger partial charge on any atom is -0.457 e. The molecule has 2 aromatic rings. The number of hydrogen-bond donors (Lipinski definition) is 1. The van der Waals surface area contributed by atoms with Crippen molar-refractivity contribution in [3.05, 3.63) is 53.1 Å². The van der Waals surface area contributed by atoms with Gasteiger partial charge in [-0.05, 0) is 49.2 Å². The second-order valence-corrected chi connectivity index (χ2v) is 5.62. The first-order valence-electron chi connectivity index (χ1n) is 7.15. The summed E-state index contributed by atoms with van der Waals surface area (Å²) in [7, 11) is 0. The van der Waals surface area contributed by atoms with Gasteiger partial charge in [-0.15, -0.1) is 0 Å². The van der Waals surface area contributed by atoms with E-state index in [4.69, 9.17) is 10.5 Å². The van der Waals surface area contributed by atoms with Crippen molar-refractivity contribution in [2.45, 2.75) is 32.1 Å². The summed E-state index contributed by atoms with van der Waals surface area (Å²) in [6.45, 7) is 3.44. The summed E-state index contributed by atoms with van der Waals surface area (Å²) in [6.07, 6.45) is -9.99. The molecule has 0 aromatic heterocycles. The van der Waals surface area contributed by atoms with Crippen LogP contribution in [0, 0.1) is 13.8 Å². The molecule has 1 atom stereocenters. The van der Waals surface area contributed by atoms with Crippen molar-refractivity contribution in [3.8, 4) is 11.5 Å². The predicted molar refractivity (Wildman–Crippen MR) is 81.7 cm³/mol. The van der Waals surface area contributed by atoms with Crippen molar-refractivity contribution in [3.63, 3.8) is 0 Å². The molecule has 8 heteroatoms. The minimum atomic E-state index is -5.74. The minimum absolute atomic E-state index is 0.0820. The van der Waals surface area contributed by atoms with Crippen LogP contribution in [0.5, 0.6) is 11.5 Å². The summed E-state index contributed by atoms with van der Waals surface area (Å²) in [4.78, 5) is 0. The number of hydrogen-bond acceptors (Lipinski definition) is 2. The Morgan fingerprint density at radius 3 is 1.80 bits per heavy atom. The van der Waals surface area contributed by atoms with Crippen LogP contribution in [0.15, 0.2) is 36.4 Å². The highest BCUT2D eigenvalue weighted by molar-refractivity contribution is 5.53. The van der Waals surface area contributed by atoms with E-state index in [2.05, 4.69) is 0 Å². The molecule has 0 heterocycles. The molecule has 0 saturated heterocycles. The molecule has 0 amide bonds. The molecule has 0 aliphatic heterocycles. The Bertz CT molecular complexity index is 734. The molecule has 0 spiro atoms. The summed E-state index contributed by atoms with van der Waals surface area (Å²) >= 11 is 0. The van der Waals surface area contributed by atoms with Crippen LogP contribution in [0.1, 0.15) is 16.7 Å². The van der Waals surface area contributed by atoms with Gasteiger partial charge < -0.3 is 10.5 Å². The van der Waals surface area contributed by atoms with E-state index in [1.807, 2.05) is 0 Å². The second-order valence-electron chi connectivity index (χ2n) is 5.62. The highest BCUT2D eigenvalue weighted by Gasteiger charge is 2.63. The van der Waals surface area contributed by atoms with Crippen molar-refractivity contribution in [2.24, 2.45) is 0 Å². The van der Waals surface area contributed by atoms with Gasteiger partial charge in [0.1, 0.15) is 11.5 Å². The van der Waals surface area contributed by atoms with Crippen molar-refractivity contribution in [1.82, 2.24) is 0 Å². The van der Waals surface area contributed by atoms with Crippen LogP contribution < -0.4 is 10.5 Å². The number of alkyl halides is 6. The molecule has 2 nitrogen and oxygen atoms in total. The third-order valence-corrected chi connectivity index (χ3v) is 3.69. The number of benzene rings is 2. The van der Waals surface area contributed by atoms with Gasteiger partial charge in [-0.2, -0.15) is 13.2 Å². The van der Waals surface area contributed by atoms with Crippen LogP contribution in [0.2, 0.25) is 0 Å². The quantitative estimate of drug-likeness (QED) is 0.561. The molecule has 136 valence electrons. The smallest absolute Gasteiger partial charge is 0.432 e. The number of anilines is 1. The molecule has 0 bridgehead atoms. The molecular weight excluding hydrogens is 348 g/mol. The van der Waals surface area contributed by atoms with E-state index < -0.39 is 23.8 Å². The molecular formula is C17H15F6NO. The Balaban J connectivity index is 2.35. The molecule has 0 aliphatic carbocycles. The number of ether oxygens (including phenoxy) is 1. The lowest BCUT2D eigenvalue weighted by Crippen LogP contribution is -2.44. The number of halogens is 6. The summed E-state index contributed by atoms with van der Waals surface area (Å²) in [6, 6.07) is 6.57. The lowest BCUT2D eigenvalue weighted by Gasteiger charge is -2.27. The Labute approximate surface area is 140 Å². The fraction of sp³-hybridized carbons (Fsp3) is 0.294. The number of nitrogens with two attached hydrogens (primary N) is 1. The summed E-state index contributed by atoms with van der Waals surface area (Å²) in [5, 5.41) is 0. The number of nitrogen functional groups attached to an aromatic ring is 1. The zero-order chi connectivity index (χ0) is 19.0. The fourth-order valence-corrected chi connectivity index (χ4v) is 2.44. The lowest BCUT2D eigenvalue weighted by molar-refractivity contribution is -0.274. The highest BCUT2D eigenvalue weighted by atomic mass is 19.4. The van der Waals surface area contributed by atoms with Gasteiger partial charge in [0.15, 0.2) is 0 Å². The average Bonchev–Trinajstić information content (AvgIpc) is 2.49. The molecule has 0 aliphatic rings. The van der Waals surface area contributed by atoms with Crippen molar-refractivity contribution in [2.75, 3.05) is 5.73 Å². The first-order chi connectivity index (χ1) is 11.5. The molecule has 25 heavy (non-hydrogen) atoms. The van der Waals surface area contributed by atoms with E-state index in [0.29, 0.717) is 34.7 Å². The first kappa shape index (κ1) is 19.0. The maximum absolute atomic E-state index is 14.0. The van der Waals surface area contributed by atoms with Gasteiger partial charge in [-0.3, -0.25) is 0 Å². The Kier molecular flexibility index (Phi) is 4.92. The molecule has 0 radical (unpaired) electrons. The Hall–Kier alpha value is -2.38. The third kappa shape index (κ3) is 3.52. The normalized spacial score (nSPS) is 14.4. The third-order valence-electron chi connectivity index (χ3n) is 3.69. The van der Waals surface area contributed by atoms with Gasteiger partial charge in [0.2, 0.25) is 0 Å². The first-order valence-corrected chi connectivity index (χ1v) is 7.15. The van der Waals surface area contributed by atoms with Gasteiger partial charge in [0.25, 0.3) is 12.1 Å². The van der Waals surface area contributed by atoms with Gasteiger partial charge in [-0.25, -0.2) is 13.2 Å². The van der Waals surface area contributed by atoms with E-state index in [1.54, 1.807) is 26.0 Å². The molecule has 2 aromatic carbocycles. The van der Waals surface area contributed by atoms with Crippen molar-refractivity contribution >= 4 is 5.69 Å². The standard InChI is InChI=1S/C17H15F6NO/c1-9-7-12(24)8-10(2)14(9)25-13-5-3-11(4-6-13)16(20,15(18)19)17(21,22)23/h3-8,15H,24H2,1-2H3. The summed E-state index contributed by atoms with van der Waals surface area (Å²) in [5.74, 6) is 0.511. The van der Waals surface area contributed by atoms with Crippen LogP contribution in [0.4, 0.5) is 32.0 Å². The SMILES string of the molecule is Cc1cc(N)cc(C)c1Oc1ccc(C(F)(C(F)F)C(F)(F)F)cc1. The van der Waals surface area contributed by atoms with Gasteiger partial charge in [-0.1, -0.05) is 12.1 Å². The van der Waals surface area contributed by atoms with E-state index in [1.165, 1.54) is 0 Å². The van der Waals surface area contributed by atoms with Crippen LogP contribution in [0.3, 0.4) is 0 Å². The molecule has 0 saturated carbocycles. The molecule has 0 fully saturated rings. The van der Waals surface area contributed by atoms with E-state index in [-0.39, 0.29) is 5.75 Å². The Morgan fingerprint density at radius 1 is 0.920 bits per heavy atom. The van der Waals surface area contributed by atoms with E-state index >= 15 is 0 Å². The summed E-state index contributed by atoms with van der Waals surface area (Å²) in [5.41, 5.74) is 1.64. The maximum Gasteiger partial charge on any atom is 0.432 e. The lowest BCUT2D eigenvalue weighted by atomic mass is 9.95.